The highest BCUT2D eigenvalue weighted by Gasteiger charge is 1.73. The molecule has 0 aromatic heterocycles. The lowest BCUT2D eigenvalue weighted by Gasteiger charge is -1.80. The number of nitrogens with one attached hydrogen (secondary N) is 1. The first-order valence-electron chi connectivity index (χ1n) is 1.24. The molecule has 0 saturated carbocycles. The average molecular weight is 183 g/mol. The highest BCUT2D eigenvalue weighted by Crippen LogP contribution is 1.41. The van der Waals surface area contributed by atoms with Gasteiger partial charge in [0.2, 0.25) is 5.91 Å². The molecule has 6 heteroatoms. The minimum absolute atomic E-state index is 0. The zero-order chi connectivity index (χ0) is 4.28. The molecule has 0 atom stereocenters. The Labute approximate surface area is 66.6 Å². The maximum atomic E-state index is 9.58. The van der Waals surface area contributed by atoms with Crippen molar-refractivity contribution < 1.29 is 4.79 Å². The van der Waals surface area contributed by atoms with E-state index in [1.165, 1.54) is 6.92 Å². The van der Waals surface area contributed by atoms with Gasteiger partial charge in [0.1, 0.15) is 0 Å². The van der Waals surface area contributed by atoms with E-state index in [4.69, 9.17) is 0 Å². The molecule has 0 spiro atoms. The van der Waals surface area contributed by atoms with E-state index in [1.54, 1.807) is 0 Å². The van der Waals surface area contributed by atoms with Crippen LogP contribution in [0.15, 0.2) is 0 Å². The van der Waals surface area contributed by atoms with E-state index in [2.05, 4.69) is 5.84 Å². The average Bonchev–Trinajstić information content (AvgIpc) is 1.38. The lowest BCUT2D eigenvalue weighted by atomic mass is 10.8. The fraction of sp³-hybridized carbons (Fsp3) is 0.500. The van der Waals surface area contributed by atoms with E-state index < -0.39 is 0 Å². The van der Waals surface area contributed by atoms with Gasteiger partial charge in [-0.05, 0) is 0 Å². The smallest absolute Gasteiger partial charge is 0.230 e. The zero-order valence-electron chi connectivity index (χ0n) is 4.21. The van der Waals surface area contributed by atoms with Crippen molar-refractivity contribution in [2.45, 2.75) is 6.92 Å². The van der Waals surface area contributed by atoms with Crippen molar-refractivity contribution in [1.82, 2.24) is 5.43 Å². The number of carbonyl (C=O) groups is 1. The molecular formula is C2H9Cl3N2O. The van der Waals surface area contributed by atoms with Crippen LogP contribution in [0, 0.1) is 0 Å². The van der Waals surface area contributed by atoms with Crippen molar-refractivity contribution in [3.8, 4) is 0 Å². The van der Waals surface area contributed by atoms with Gasteiger partial charge in [0, 0.05) is 6.92 Å². The van der Waals surface area contributed by atoms with Crippen molar-refractivity contribution in [2.24, 2.45) is 5.84 Å². The maximum absolute atomic E-state index is 9.58. The third kappa shape index (κ3) is 33.5. The molecule has 1 amide bonds. The standard InChI is InChI=1S/C2H6N2O.3ClH/c1-2(5)4-3;;;/h3H2,1H3,(H,4,5);3*1H. The predicted molar refractivity (Wildman–Crippen MR) is 39.7 cm³/mol. The van der Waals surface area contributed by atoms with Crippen LogP contribution < -0.4 is 11.3 Å². The fourth-order valence-electron chi connectivity index (χ4n) is 0. The van der Waals surface area contributed by atoms with Gasteiger partial charge in [-0.25, -0.2) is 5.84 Å². The summed E-state index contributed by atoms with van der Waals surface area (Å²) in [7, 11) is 0. The molecule has 0 aromatic rings. The predicted octanol–water partition coefficient (Wildman–Crippen LogP) is 0.262. The van der Waals surface area contributed by atoms with Crippen LogP contribution in [0.3, 0.4) is 0 Å². The number of carbonyl (C=O) groups excluding carboxylic acids is 1. The van der Waals surface area contributed by atoms with Crippen LogP contribution in [0.2, 0.25) is 0 Å². The second-order valence-corrected chi connectivity index (χ2v) is 0.701. The SMILES string of the molecule is CC(=O)NN.Cl.Cl.Cl. The topological polar surface area (TPSA) is 55.1 Å². The molecule has 0 aliphatic heterocycles. The molecule has 0 radical (unpaired) electrons. The summed E-state index contributed by atoms with van der Waals surface area (Å²) < 4.78 is 0. The van der Waals surface area contributed by atoms with Crippen LogP contribution in [-0.4, -0.2) is 5.91 Å². The molecular weight excluding hydrogens is 174 g/mol. The summed E-state index contributed by atoms with van der Waals surface area (Å²) in [5, 5.41) is 0. The van der Waals surface area contributed by atoms with Gasteiger partial charge in [0.05, 0.1) is 0 Å². The van der Waals surface area contributed by atoms with Crippen molar-refractivity contribution in [1.29, 1.82) is 0 Å². The number of rotatable bonds is 0. The fourth-order valence-corrected chi connectivity index (χ4v) is 0. The van der Waals surface area contributed by atoms with Gasteiger partial charge >= 0.3 is 0 Å². The molecule has 0 saturated heterocycles. The normalized spacial score (nSPS) is 4.25. The van der Waals surface area contributed by atoms with Crippen molar-refractivity contribution in [3.63, 3.8) is 0 Å². The van der Waals surface area contributed by atoms with E-state index in [0.29, 0.717) is 0 Å². The minimum atomic E-state index is -0.218. The lowest BCUT2D eigenvalue weighted by molar-refractivity contribution is -0.119. The highest BCUT2D eigenvalue weighted by atomic mass is 35.5. The molecule has 0 aliphatic carbocycles. The second-order valence-electron chi connectivity index (χ2n) is 0.701. The summed E-state index contributed by atoms with van der Waals surface area (Å²) in [6.45, 7) is 1.35. The first-order valence-corrected chi connectivity index (χ1v) is 1.24. The van der Waals surface area contributed by atoms with E-state index in [1.807, 2.05) is 5.43 Å². The number of hydrogen-bond donors (Lipinski definition) is 2. The van der Waals surface area contributed by atoms with Gasteiger partial charge < -0.3 is 0 Å². The maximum Gasteiger partial charge on any atom is 0.230 e. The molecule has 0 fully saturated rings. The van der Waals surface area contributed by atoms with Crippen LogP contribution in [0.25, 0.3) is 0 Å². The summed E-state index contributed by atoms with van der Waals surface area (Å²) in [4.78, 5) is 9.58. The van der Waals surface area contributed by atoms with Gasteiger partial charge in [-0.2, -0.15) is 0 Å². The Morgan fingerprint density at radius 1 is 1.38 bits per heavy atom. The Bertz CT molecular complexity index is 50.5. The van der Waals surface area contributed by atoms with Gasteiger partial charge in [-0.15, -0.1) is 37.2 Å². The molecule has 0 unspecified atom stereocenters. The molecule has 0 heterocycles. The van der Waals surface area contributed by atoms with Crippen LogP contribution in [0.4, 0.5) is 0 Å². The largest absolute Gasteiger partial charge is 0.295 e. The number of halogens is 3. The van der Waals surface area contributed by atoms with Crippen LogP contribution >= 0.6 is 37.2 Å². The Hall–Kier alpha value is 0.300. The summed E-state index contributed by atoms with van der Waals surface area (Å²) in [5.41, 5.74) is 1.89. The second kappa shape index (κ2) is 15.7. The number of amides is 1. The van der Waals surface area contributed by atoms with Gasteiger partial charge in [0.25, 0.3) is 0 Å². The third-order valence-electron chi connectivity index (χ3n) is 0.203. The number of hydrogen-bond acceptors (Lipinski definition) is 2. The summed E-state index contributed by atoms with van der Waals surface area (Å²) >= 11 is 0. The molecule has 0 aliphatic rings. The van der Waals surface area contributed by atoms with Crippen molar-refractivity contribution in [2.75, 3.05) is 0 Å². The van der Waals surface area contributed by atoms with Gasteiger partial charge in [0.15, 0.2) is 0 Å². The Balaban J connectivity index is -0.0000000267. The molecule has 54 valence electrons. The van der Waals surface area contributed by atoms with Crippen LogP contribution in [0.1, 0.15) is 6.92 Å². The quantitative estimate of drug-likeness (QED) is 0.322. The first-order chi connectivity index (χ1) is 2.27. The molecule has 0 bridgehead atoms. The Kier molecular flexibility index (Phi) is 46.9. The minimum Gasteiger partial charge on any atom is -0.295 e. The van der Waals surface area contributed by atoms with Crippen LogP contribution in [0.5, 0.6) is 0 Å². The van der Waals surface area contributed by atoms with Crippen molar-refractivity contribution in [3.05, 3.63) is 0 Å². The van der Waals surface area contributed by atoms with E-state index in [-0.39, 0.29) is 43.1 Å². The molecule has 0 rings (SSSR count). The van der Waals surface area contributed by atoms with Gasteiger partial charge in [-0.3, -0.25) is 10.2 Å². The van der Waals surface area contributed by atoms with E-state index in [9.17, 15) is 4.79 Å². The van der Waals surface area contributed by atoms with Crippen LogP contribution in [-0.2, 0) is 4.79 Å². The van der Waals surface area contributed by atoms with E-state index >= 15 is 0 Å². The number of hydrazine groups is 1. The first kappa shape index (κ1) is 23.9. The molecule has 0 aromatic carbocycles. The summed E-state index contributed by atoms with van der Waals surface area (Å²) in [5.74, 6) is 4.35. The zero-order valence-corrected chi connectivity index (χ0v) is 6.66. The highest BCUT2D eigenvalue weighted by molar-refractivity contribution is 5.86. The Morgan fingerprint density at radius 2 is 1.50 bits per heavy atom. The summed E-state index contributed by atoms with van der Waals surface area (Å²) in [6.07, 6.45) is 0. The van der Waals surface area contributed by atoms with Crippen molar-refractivity contribution >= 4 is 43.1 Å². The number of nitrogens with two attached hydrogens (primary N) is 1. The molecule has 8 heavy (non-hydrogen) atoms. The van der Waals surface area contributed by atoms with E-state index in [0.717, 1.165) is 0 Å². The lowest BCUT2D eigenvalue weighted by Crippen LogP contribution is -2.26. The van der Waals surface area contributed by atoms with Gasteiger partial charge in [-0.1, -0.05) is 0 Å². The summed E-state index contributed by atoms with van der Waals surface area (Å²) in [6, 6.07) is 0. The molecule has 3 nitrogen and oxygen atoms in total. The third-order valence-corrected chi connectivity index (χ3v) is 0.203. The monoisotopic (exact) mass is 182 g/mol. The Morgan fingerprint density at radius 3 is 1.50 bits per heavy atom. The molecule has 3 N–H and O–H groups in total.